The van der Waals surface area contributed by atoms with Gasteiger partial charge in [-0.25, -0.2) is 8.42 Å². The zero-order valence-electron chi connectivity index (χ0n) is 14.9. The topological polar surface area (TPSA) is 66.5 Å². The minimum absolute atomic E-state index is 0.0971. The van der Waals surface area contributed by atoms with E-state index in [1.54, 1.807) is 29.5 Å². The van der Waals surface area contributed by atoms with Crippen LogP contribution in [0.3, 0.4) is 0 Å². The maximum atomic E-state index is 13.0. The second-order valence-electron chi connectivity index (χ2n) is 6.37. The molecule has 1 fully saturated rings. The highest BCUT2D eigenvalue weighted by Gasteiger charge is 2.29. The van der Waals surface area contributed by atoms with Gasteiger partial charge >= 0.3 is 0 Å². The van der Waals surface area contributed by atoms with Crippen LogP contribution in [0.5, 0.6) is 0 Å². The van der Waals surface area contributed by atoms with Gasteiger partial charge < -0.3 is 5.32 Å². The van der Waals surface area contributed by atoms with Crippen LogP contribution in [-0.2, 0) is 23.0 Å². The van der Waals surface area contributed by atoms with Crippen molar-refractivity contribution in [2.75, 3.05) is 13.1 Å². The molecule has 7 heteroatoms. The lowest BCUT2D eigenvalue weighted by Gasteiger charge is -2.26. The van der Waals surface area contributed by atoms with Gasteiger partial charge in [0.2, 0.25) is 10.0 Å². The molecule has 0 atom stereocenters. The maximum Gasteiger partial charge on any atom is 0.252 e. The number of rotatable bonds is 6. The third-order valence-electron chi connectivity index (χ3n) is 4.55. The number of aryl methyl sites for hydroxylation is 1. The molecule has 1 aliphatic rings. The van der Waals surface area contributed by atoms with E-state index in [-0.39, 0.29) is 16.4 Å². The maximum absolute atomic E-state index is 13.0. The second kappa shape index (κ2) is 8.33. The molecule has 1 amide bonds. The van der Waals surface area contributed by atoms with Crippen LogP contribution in [0.15, 0.2) is 41.3 Å². The standard InChI is InChI=1S/C19H24N2O3S2/c1-2-15-10-11-16(25-15)14-20-19(22)17-8-4-5-9-18(17)26(23,24)21-12-6-3-7-13-21/h4-5,8-11H,2-3,6-7,12-14H2,1H3,(H,20,22). The van der Waals surface area contributed by atoms with Crippen LogP contribution in [-0.4, -0.2) is 31.7 Å². The van der Waals surface area contributed by atoms with Gasteiger partial charge in [0.05, 0.1) is 17.0 Å². The minimum atomic E-state index is -3.65. The molecule has 0 unspecified atom stereocenters. The molecule has 1 aromatic carbocycles. The van der Waals surface area contributed by atoms with Gasteiger partial charge in [-0.3, -0.25) is 4.79 Å². The average Bonchev–Trinajstić information content (AvgIpc) is 3.15. The van der Waals surface area contributed by atoms with E-state index in [2.05, 4.69) is 18.3 Å². The monoisotopic (exact) mass is 392 g/mol. The first-order valence-corrected chi connectivity index (χ1v) is 11.2. The van der Waals surface area contributed by atoms with Gasteiger partial charge in [-0.1, -0.05) is 25.5 Å². The number of sulfonamides is 1. The third kappa shape index (κ3) is 4.16. The number of amides is 1. The Labute approximate surface area is 159 Å². The Morgan fingerprint density at radius 2 is 1.77 bits per heavy atom. The Morgan fingerprint density at radius 1 is 1.08 bits per heavy atom. The molecule has 5 nitrogen and oxygen atoms in total. The first-order chi connectivity index (χ1) is 12.5. The van der Waals surface area contributed by atoms with Crippen molar-refractivity contribution < 1.29 is 13.2 Å². The summed E-state index contributed by atoms with van der Waals surface area (Å²) in [6.07, 6.45) is 3.75. The fourth-order valence-electron chi connectivity index (χ4n) is 3.09. The Hall–Kier alpha value is -1.70. The second-order valence-corrected chi connectivity index (χ2v) is 9.52. The highest BCUT2D eigenvalue weighted by molar-refractivity contribution is 7.89. The molecule has 0 aliphatic carbocycles. The van der Waals surface area contributed by atoms with E-state index in [0.29, 0.717) is 19.6 Å². The van der Waals surface area contributed by atoms with Gasteiger partial charge in [-0.05, 0) is 43.5 Å². The summed E-state index contributed by atoms with van der Waals surface area (Å²) in [7, 11) is -3.65. The van der Waals surface area contributed by atoms with Crippen molar-refractivity contribution in [3.05, 3.63) is 51.7 Å². The quantitative estimate of drug-likeness (QED) is 0.819. The van der Waals surface area contributed by atoms with E-state index in [1.165, 1.54) is 15.2 Å². The molecule has 2 heterocycles. The number of carbonyl (C=O) groups excluding carboxylic acids is 1. The SMILES string of the molecule is CCc1ccc(CNC(=O)c2ccccc2S(=O)(=O)N2CCCCC2)s1. The molecular weight excluding hydrogens is 368 g/mol. The molecule has 1 saturated heterocycles. The summed E-state index contributed by atoms with van der Waals surface area (Å²) in [6, 6.07) is 10.5. The van der Waals surface area contributed by atoms with Gasteiger partial charge in [0.25, 0.3) is 5.91 Å². The van der Waals surface area contributed by atoms with Crippen LogP contribution in [0.4, 0.5) is 0 Å². The van der Waals surface area contributed by atoms with Gasteiger partial charge in [-0.15, -0.1) is 11.3 Å². The zero-order valence-corrected chi connectivity index (χ0v) is 16.5. The van der Waals surface area contributed by atoms with Crippen LogP contribution in [0.1, 0.15) is 46.3 Å². The predicted molar refractivity (Wildman–Crippen MR) is 104 cm³/mol. The van der Waals surface area contributed by atoms with Crippen molar-refractivity contribution in [1.29, 1.82) is 0 Å². The lowest BCUT2D eigenvalue weighted by Crippen LogP contribution is -2.37. The summed E-state index contributed by atoms with van der Waals surface area (Å²) >= 11 is 1.66. The molecule has 0 radical (unpaired) electrons. The number of piperidine rings is 1. The number of nitrogens with one attached hydrogen (secondary N) is 1. The van der Waals surface area contributed by atoms with Crippen LogP contribution >= 0.6 is 11.3 Å². The van der Waals surface area contributed by atoms with Crippen LogP contribution in [0, 0.1) is 0 Å². The van der Waals surface area contributed by atoms with Gasteiger partial charge in [0, 0.05) is 22.8 Å². The van der Waals surface area contributed by atoms with Gasteiger partial charge in [-0.2, -0.15) is 4.31 Å². The summed E-state index contributed by atoms with van der Waals surface area (Å²) in [5, 5.41) is 2.86. The van der Waals surface area contributed by atoms with Gasteiger partial charge in [0.1, 0.15) is 0 Å². The smallest absolute Gasteiger partial charge is 0.252 e. The minimum Gasteiger partial charge on any atom is -0.347 e. The van der Waals surface area contributed by atoms with E-state index in [0.717, 1.165) is 30.6 Å². The Kier molecular flexibility index (Phi) is 6.11. The molecule has 3 rings (SSSR count). The lowest BCUT2D eigenvalue weighted by atomic mass is 10.2. The zero-order chi connectivity index (χ0) is 18.6. The fourth-order valence-corrected chi connectivity index (χ4v) is 5.70. The molecule has 1 N–H and O–H groups in total. The third-order valence-corrected chi connectivity index (χ3v) is 7.74. The van der Waals surface area contributed by atoms with Crippen LogP contribution < -0.4 is 5.32 Å². The molecule has 1 aromatic heterocycles. The number of hydrogen-bond acceptors (Lipinski definition) is 4. The Bertz CT molecular complexity index is 868. The highest BCUT2D eigenvalue weighted by Crippen LogP contribution is 2.24. The van der Waals surface area contributed by atoms with Crippen molar-refractivity contribution in [2.24, 2.45) is 0 Å². The van der Waals surface area contributed by atoms with Crippen LogP contribution in [0.25, 0.3) is 0 Å². The normalized spacial score (nSPS) is 15.7. The molecule has 1 aliphatic heterocycles. The average molecular weight is 393 g/mol. The number of hydrogen-bond donors (Lipinski definition) is 1. The largest absolute Gasteiger partial charge is 0.347 e. The highest BCUT2D eigenvalue weighted by atomic mass is 32.2. The van der Waals surface area contributed by atoms with E-state index < -0.39 is 10.0 Å². The first kappa shape index (κ1) is 19.1. The number of carbonyl (C=O) groups is 1. The lowest BCUT2D eigenvalue weighted by molar-refractivity contribution is 0.0947. The summed E-state index contributed by atoms with van der Waals surface area (Å²) in [6.45, 7) is 3.54. The Morgan fingerprint density at radius 3 is 2.46 bits per heavy atom. The van der Waals surface area contributed by atoms with Crippen molar-refractivity contribution in [3.63, 3.8) is 0 Å². The number of benzene rings is 1. The summed E-state index contributed by atoms with van der Waals surface area (Å²) in [5.41, 5.74) is 0.213. The summed E-state index contributed by atoms with van der Waals surface area (Å²) in [5.74, 6) is -0.354. The Balaban J connectivity index is 1.78. The van der Waals surface area contributed by atoms with Crippen molar-refractivity contribution >= 4 is 27.3 Å². The molecule has 0 spiro atoms. The van der Waals surface area contributed by atoms with Crippen molar-refractivity contribution in [3.8, 4) is 0 Å². The van der Waals surface area contributed by atoms with E-state index >= 15 is 0 Å². The van der Waals surface area contributed by atoms with Crippen molar-refractivity contribution in [1.82, 2.24) is 9.62 Å². The fraction of sp³-hybridized carbons (Fsp3) is 0.421. The van der Waals surface area contributed by atoms with E-state index in [4.69, 9.17) is 0 Å². The van der Waals surface area contributed by atoms with Gasteiger partial charge in [0.15, 0.2) is 0 Å². The molecule has 140 valence electrons. The van der Waals surface area contributed by atoms with E-state index in [9.17, 15) is 13.2 Å². The number of nitrogens with zero attached hydrogens (tertiary/aromatic N) is 1. The summed E-state index contributed by atoms with van der Waals surface area (Å²) < 4.78 is 27.4. The number of thiophene rings is 1. The molecular formula is C19H24N2O3S2. The molecule has 26 heavy (non-hydrogen) atoms. The van der Waals surface area contributed by atoms with Crippen molar-refractivity contribution in [2.45, 2.75) is 44.0 Å². The molecule has 0 saturated carbocycles. The van der Waals surface area contributed by atoms with E-state index in [1.807, 2.05) is 6.07 Å². The molecule has 2 aromatic rings. The molecule has 0 bridgehead atoms. The predicted octanol–water partition coefficient (Wildman–Crippen LogP) is 3.42. The summed E-state index contributed by atoms with van der Waals surface area (Å²) in [4.78, 5) is 15.1. The first-order valence-electron chi connectivity index (χ1n) is 8.97. The van der Waals surface area contributed by atoms with Crippen LogP contribution in [0.2, 0.25) is 0 Å².